The van der Waals surface area contributed by atoms with E-state index in [0.29, 0.717) is 29.0 Å². The number of sulfonamides is 1. The van der Waals surface area contributed by atoms with Crippen molar-refractivity contribution in [2.75, 3.05) is 18.4 Å². The fourth-order valence-electron chi connectivity index (χ4n) is 3.80. The van der Waals surface area contributed by atoms with E-state index < -0.39 is 15.9 Å². The summed E-state index contributed by atoms with van der Waals surface area (Å²) in [6.45, 7) is 6.10. The molecular weight excluding hydrogens is 484 g/mol. The second-order valence-corrected chi connectivity index (χ2v) is 10.8. The molecule has 10 heteroatoms. The van der Waals surface area contributed by atoms with Crippen LogP contribution in [0.5, 0.6) is 0 Å². The molecule has 2 aromatic carbocycles. The van der Waals surface area contributed by atoms with Crippen LogP contribution in [-0.2, 0) is 21.4 Å². The van der Waals surface area contributed by atoms with Gasteiger partial charge in [0.15, 0.2) is 0 Å². The van der Waals surface area contributed by atoms with Gasteiger partial charge in [0.2, 0.25) is 15.9 Å². The third kappa shape index (κ3) is 5.04. The first-order valence-electron chi connectivity index (χ1n) is 11.2. The van der Waals surface area contributed by atoms with Gasteiger partial charge < -0.3 is 5.32 Å². The van der Waals surface area contributed by atoms with Crippen LogP contribution in [0.3, 0.4) is 0 Å². The zero-order chi connectivity index (χ0) is 25.2. The molecule has 1 N–H and O–H groups in total. The van der Waals surface area contributed by atoms with Crippen LogP contribution in [0.1, 0.15) is 19.4 Å². The summed E-state index contributed by atoms with van der Waals surface area (Å²) in [5, 5.41) is 5.11. The highest BCUT2D eigenvalue weighted by atomic mass is 32.2. The lowest BCUT2D eigenvalue weighted by molar-refractivity contribution is -0.116. The maximum absolute atomic E-state index is 13.2. The van der Waals surface area contributed by atoms with Crippen LogP contribution in [0.4, 0.5) is 5.69 Å². The van der Waals surface area contributed by atoms with E-state index in [2.05, 4.69) is 10.3 Å². The van der Waals surface area contributed by atoms with E-state index in [-0.39, 0.29) is 17.0 Å². The number of carbonyl (C=O) groups is 1. The number of amides is 1. The normalized spacial score (nSPS) is 11.8. The summed E-state index contributed by atoms with van der Waals surface area (Å²) < 4.78 is 27.9. The summed E-state index contributed by atoms with van der Waals surface area (Å²) in [5.41, 5.74) is 2.98. The number of hydrogen-bond donors (Lipinski definition) is 1. The van der Waals surface area contributed by atoms with Crippen LogP contribution in [0.25, 0.3) is 21.3 Å². The number of anilines is 1. The van der Waals surface area contributed by atoms with E-state index in [1.807, 2.05) is 36.6 Å². The van der Waals surface area contributed by atoms with Crippen molar-refractivity contribution >= 4 is 43.2 Å². The predicted octanol–water partition coefficient (Wildman–Crippen LogP) is 4.10. The molecule has 2 heterocycles. The molecule has 2 aromatic heterocycles. The zero-order valence-corrected chi connectivity index (χ0v) is 21.3. The number of hydrogen-bond acceptors (Lipinski definition) is 6. The molecule has 0 atom stereocenters. The monoisotopic (exact) mass is 510 g/mol. The molecular formula is C25H26N4O4S2. The lowest BCUT2D eigenvalue weighted by atomic mass is 10.1. The van der Waals surface area contributed by atoms with Crippen LogP contribution in [0, 0.1) is 6.92 Å². The van der Waals surface area contributed by atoms with Crippen molar-refractivity contribution in [3.63, 3.8) is 0 Å². The van der Waals surface area contributed by atoms with Crippen molar-refractivity contribution in [1.29, 1.82) is 0 Å². The Kier molecular flexibility index (Phi) is 7.15. The number of benzene rings is 2. The highest BCUT2D eigenvalue weighted by molar-refractivity contribution is 7.89. The molecule has 4 aromatic rings. The van der Waals surface area contributed by atoms with Gasteiger partial charge in [-0.15, -0.1) is 11.3 Å². The van der Waals surface area contributed by atoms with Crippen molar-refractivity contribution < 1.29 is 13.2 Å². The molecule has 35 heavy (non-hydrogen) atoms. The van der Waals surface area contributed by atoms with Gasteiger partial charge in [0.05, 0.1) is 16.6 Å². The van der Waals surface area contributed by atoms with Crippen LogP contribution in [0.2, 0.25) is 0 Å². The maximum Gasteiger partial charge on any atom is 0.263 e. The van der Waals surface area contributed by atoms with Gasteiger partial charge in [-0.05, 0) is 36.8 Å². The van der Waals surface area contributed by atoms with Gasteiger partial charge in [-0.1, -0.05) is 43.7 Å². The molecule has 0 saturated heterocycles. The number of aromatic nitrogens is 2. The molecule has 4 rings (SSSR count). The van der Waals surface area contributed by atoms with Crippen LogP contribution >= 0.6 is 11.3 Å². The first-order valence-corrected chi connectivity index (χ1v) is 13.5. The zero-order valence-electron chi connectivity index (χ0n) is 19.7. The third-order valence-electron chi connectivity index (χ3n) is 5.72. The second-order valence-electron chi connectivity index (χ2n) is 8.04. The van der Waals surface area contributed by atoms with E-state index in [0.717, 1.165) is 16.7 Å². The average molecular weight is 511 g/mol. The fourth-order valence-corrected chi connectivity index (χ4v) is 6.17. The van der Waals surface area contributed by atoms with Crippen LogP contribution < -0.4 is 10.9 Å². The first kappa shape index (κ1) is 24.8. The van der Waals surface area contributed by atoms with Crippen molar-refractivity contribution in [2.24, 2.45) is 0 Å². The van der Waals surface area contributed by atoms with Gasteiger partial charge >= 0.3 is 0 Å². The van der Waals surface area contributed by atoms with E-state index in [1.165, 1.54) is 50.8 Å². The number of carbonyl (C=O) groups excluding carboxylic acids is 1. The molecule has 0 spiro atoms. The summed E-state index contributed by atoms with van der Waals surface area (Å²) >= 11 is 1.39. The van der Waals surface area contributed by atoms with Crippen LogP contribution in [0.15, 0.2) is 69.9 Å². The Balaban J connectivity index is 1.53. The van der Waals surface area contributed by atoms with Gasteiger partial charge in [-0.2, -0.15) is 4.31 Å². The van der Waals surface area contributed by atoms with E-state index in [4.69, 9.17) is 0 Å². The van der Waals surface area contributed by atoms with Gasteiger partial charge in [0, 0.05) is 29.7 Å². The van der Waals surface area contributed by atoms with Crippen molar-refractivity contribution in [2.45, 2.75) is 32.2 Å². The highest BCUT2D eigenvalue weighted by Crippen LogP contribution is 2.30. The quantitative estimate of drug-likeness (QED) is 0.385. The summed E-state index contributed by atoms with van der Waals surface area (Å²) in [4.78, 5) is 31.0. The number of rotatable bonds is 8. The molecule has 8 nitrogen and oxygen atoms in total. The van der Waals surface area contributed by atoms with E-state index in [1.54, 1.807) is 13.8 Å². The molecule has 0 radical (unpaired) electrons. The Morgan fingerprint density at radius 1 is 1.06 bits per heavy atom. The van der Waals surface area contributed by atoms with E-state index >= 15 is 0 Å². The Morgan fingerprint density at radius 3 is 2.34 bits per heavy atom. The average Bonchev–Trinajstić information content (AvgIpc) is 3.27. The highest BCUT2D eigenvalue weighted by Gasteiger charge is 2.21. The molecule has 0 unspecified atom stereocenters. The minimum Gasteiger partial charge on any atom is -0.325 e. The summed E-state index contributed by atoms with van der Waals surface area (Å²) in [6, 6.07) is 13.9. The minimum absolute atomic E-state index is 0.158. The number of fused-ring (bicyclic) bond motifs is 1. The topological polar surface area (TPSA) is 101 Å². The Hall–Kier alpha value is -3.34. The Morgan fingerprint density at radius 2 is 1.71 bits per heavy atom. The van der Waals surface area contributed by atoms with Gasteiger partial charge in [0.1, 0.15) is 11.4 Å². The van der Waals surface area contributed by atoms with E-state index in [9.17, 15) is 18.0 Å². The molecule has 0 aliphatic carbocycles. The number of nitrogens with one attached hydrogen (secondary N) is 1. The molecule has 1 amide bonds. The molecule has 0 aliphatic rings. The van der Waals surface area contributed by atoms with Gasteiger partial charge in [-0.25, -0.2) is 13.4 Å². The maximum atomic E-state index is 13.2. The third-order valence-corrected chi connectivity index (χ3v) is 8.67. The Labute approximate surface area is 207 Å². The summed E-state index contributed by atoms with van der Waals surface area (Å²) in [7, 11) is -3.58. The number of thiophene rings is 1. The lowest BCUT2D eigenvalue weighted by Crippen LogP contribution is -2.30. The smallest absolute Gasteiger partial charge is 0.263 e. The molecule has 0 saturated carbocycles. The standard InChI is InChI=1S/C25H26N4O4S2/c1-4-29(5-2)35(32,33)20-12-10-19(11-13-20)27-22(30)14-28-16-26-24-23(25(28)31)21(15-34-24)18-8-6-17(3)7-9-18/h6-13,15-16H,4-5,14H2,1-3H3,(H,27,30). The predicted molar refractivity (Wildman–Crippen MR) is 139 cm³/mol. The molecule has 182 valence electrons. The number of nitrogens with zero attached hydrogens (tertiary/aromatic N) is 3. The first-order chi connectivity index (χ1) is 16.7. The Bertz CT molecular complexity index is 1520. The van der Waals surface area contributed by atoms with Crippen molar-refractivity contribution in [3.8, 4) is 11.1 Å². The minimum atomic E-state index is -3.58. The number of aryl methyl sites for hydroxylation is 1. The lowest BCUT2D eigenvalue weighted by Gasteiger charge is -2.18. The molecule has 0 fully saturated rings. The van der Waals surface area contributed by atoms with Crippen LogP contribution in [-0.4, -0.2) is 41.3 Å². The second kappa shape index (κ2) is 10.1. The van der Waals surface area contributed by atoms with Crippen molar-refractivity contribution in [3.05, 3.63) is 76.2 Å². The SMILES string of the molecule is CCN(CC)S(=O)(=O)c1ccc(NC(=O)Cn2cnc3scc(-c4ccc(C)cc4)c3c2=O)cc1. The van der Waals surface area contributed by atoms with Gasteiger partial charge in [0.25, 0.3) is 5.56 Å². The van der Waals surface area contributed by atoms with Crippen molar-refractivity contribution in [1.82, 2.24) is 13.9 Å². The molecule has 0 aliphatic heterocycles. The summed E-state index contributed by atoms with van der Waals surface area (Å²) in [5.74, 6) is -0.417. The fraction of sp³-hybridized carbons (Fsp3) is 0.240. The van der Waals surface area contributed by atoms with Gasteiger partial charge in [-0.3, -0.25) is 14.2 Å². The largest absolute Gasteiger partial charge is 0.325 e. The summed E-state index contributed by atoms with van der Waals surface area (Å²) in [6.07, 6.45) is 1.37. The molecule has 0 bridgehead atoms.